The lowest BCUT2D eigenvalue weighted by molar-refractivity contribution is 0.385. The molecule has 3 nitrogen and oxygen atoms in total. The molecule has 0 aromatic carbocycles. The van der Waals surface area contributed by atoms with E-state index in [1.807, 2.05) is 0 Å². The molecule has 0 unspecified atom stereocenters. The van der Waals surface area contributed by atoms with Gasteiger partial charge in [-0.3, -0.25) is 4.99 Å². The number of aliphatic imine (C=N–C) groups is 1. The summed E-state index contributed by atoms with van der Waals surface area (Å²) in [5, 5.41) is 0. The molecule has 11 heavy (non-hydrogen) atoms. The first-order valence-corrected chi connectivity index (χ1v) is 3.94. The number of nitrogens with two attached hydrogens (primary N) is 2. The van der Waals surface area contributed by atoms with Crippen LogP contribution in [0.1, 0.15) is 27.2 Å². The zero-order chi connectivity index (χ0) is 8.91. The van der Waals surface area contributed by atoms with Gasteiger partial charge in [0.15, 0.2) is 0 Å². The molecular weight excluding hydrogens is 138 g/mol. The summed E-state index contributed by atoms with van der Waals surface area (Å²) in [4.78, 5) is 4.10. The normalized spacial score (nSPS) is 13.6. The van der Waals surface area contributed by atoms with E-state index in [1.165, 1.54) is 0 Å². The molecule has 0 bridgehead atoms. The highest BCUT2D eigenvalue weighted by molar-refractivity contribution is 5.82. The van der Waals surface area contributed by atoms with Crippen molar-refractivity contribution in [3.05, 3.63) is 0 Å². The lowest BCUT2D eigenvalue weighted by Gasteiger charge is -2.15. The van der Waals surface area contributed by atoms with Crippen LogP contribution in [0.3, 0.4) is 0 Å². The Morgan fingerprint density at radius 3 is 2.27 bits per heavy atom. The minimum absolute atomic E-state index is 0.332. The van der Waals surface area contributed by atoms with E-state index >= 15 is 0 Å². The van der Waals surface area contributed by atoms with Gasteiger partial charge in [-0.1, -0.05) is 20.8 Å². The maximum atomic E-state index is 5.43. The molecule has 0 heterocycles. The first kappa shape index (κ1) is 10.4. The molecule has 0 amide bonds. The molecule has 66 valence electrons. The third-order valence-corrected chi connectivity index (χ3v) is 1.39. The molecule has 0 atom stereocenters. The lowest BCUT2D eigenvalue weighted by atomic mass is 9.92. The molecule has 0 aliphatic heterocycles. The van der Waals surface area contributed by atoms with Gasteiger partial charge in [0, 0.05) is 6.54 Å². The van der Waals surface area contributed by atoms with Crippen molar-refractivity contribution in [2.45, 2.75) is 27.2 Å². The van der Waals surface area contributed by atoms with Crippen LogP contribution >= 0.6 is 0 Å². The Labute approximate surface area is 68.9 Å². The molecule has 0 aromatic rings. The standard InChI is InChI=1S/C8H19N3/c1-8(2,3)4-5-11-7(10)6-9/h4-6,9H2,1-3H3,(H2,10,11). The lowest BCUT2D eigenvalue weighted by Crippen LogP contribution is -2.23. The third-order valence-electron chi connectivity index (χ3n) is 1.39. The van der Waals surface area contributed by atoms with Crippen LogP contribution in [0.15, 0.2) is 4.99 Å². The van der Waals surface area contributed by atoms with Gasteiger partial charge in [0.05, 0.1) is 6.54 Å². The highest BCUT2D eigenvalue weighted by Gasteiger charge is 2.08. The first-order chi connectivity index (χ1) is 4.95. The van der Waals surface area contributed by atoms with Gasteiger partial charge in [-0.15, -0.1) is 0 Å². The topological polar surface area (TPSA) is 64.4 Å². The van der Waals surface area contributed by atoms with Gasteiger partial charge in [0.1, 0.15) is 5.84 Å². The van der Waals surface area contributed by atoms with Gasteiger partial charge in [0.25, 0.3) is 0 Å². The summed E-state index contributed by atoms with van der Waals surface area (Å²) in [5.74, 6) is 0.550. The SMILES string of the molecule is CC(C)(C)CCN=C(N)CN. The second-order valence-corrected chi connectivity index (χ2v) is 3.89. The Hall–Kier alpha value is -0.570. The van der Waals surface area contributed by atoms with Crippen LogP contribution in [0.4, 0.5) is 0 Å². The predicted octanol–water partition coefficient (Wildman–Crippen LogP) is 0.739. The predicted molar refractivity (Wildman–Crippen MR) is 49.6 cm³/mol. The molecular formula is C8H19N3. The summed E-state index contributed by atoms with van der Waals surface area (Å²) in [6, 6.07) is 0. The number of hydrogen-bond acceptors (Lipinski definition) is 2. The highest BCUT2D eigenvalue weighted by atomic mass is 14.9. The van der Waals surface area contributed by atoms with E-state index in [-0.39, 0.29) is 0 Å². The van der Waals surface area contributed by atoms with Gasteiger partial charge >= 0.3 is 0 Å². The van der Waals surface area contributed by atoms with E-state index in [1.54, 1.807) is 0 Å². The van der Waals surface area contributed by atoms with Gasteiger partial charge in [-0.25, -0.2) is 0 Å². The zero-order valence-corrected chi connectivity index (χ0v) is 7.72. The maximum Gasteiger partial charge on any atom is 0.107 e. The molecule has 0 spiro atoms. The van der Waals surface area contributed by atoms with Crippen LogP contribution in [0.2, 0.25) is 0 Å². The average molecular weight is 157 g/mol. The molecule has 3 heteroatoms. The van der Waals surface area contributed by atoms with Crippen molar-refractivity contribution >= 4 is 5.84 Å². The fourth-order valence-corrected chi connectivity index (χ4v) is 0.599. The Kier molecular flexibility index (Phi) is 4.11. The fourth-order valence-electron chi connectivity index (χ4n) is 0.599. The summed E-state index contributed by atoms with van der Waals surface area (Å²) >= 11 is 0. The molecule has 0 fully saturated rings. The van der Waals surface area contributed by atoms with Gasteiger partial charge < -0.3 is 11.5 Å². The fraction of sp³-hybridized carbons (Fsp3) is 0.875. The summed E-state index contributed by atoms with van der Waals surface area (Å²) in [6.45, 7) is 7.69. The van der Waals surface area contributed by atoms with Crippen molar-refractivity contribution in [3.8, 4) is 0 Å². The summed E-state index contributed by atoms with van der Waals surface area (Å²) in [6.07, 6.45) is 1.05. The minimum atomic E-state index is 0.332. The van der Waals surface area contributed by atoms with E-state index < -0.39 is 0 Å². The number of amidine groups is 1. The average Bonchev–Trinajstić information content (AvgIpc) is 1.85. The number of hydrogen-bond donors (Lipinski definition) is 2. The summed E-state index contributed by atoms with van der Waals surface area (Å²) in [5.41, 5.74) is 11.0. The smallest absolute Gasteiger partial charge is 0.107 e. The van der Waals surface area contributed by atoms with Crippen LogP contribution < -0.4 is 11.5 Å². The maximum absolute atomic E-state index is 5.43. The molecule has 0 aromatic heterocycles. The van der Waals surface area contributed by atoms with E-state index in [0.29, 0.717) is 17.8 Å². The Morgan fingerprint density at radius 2 is 1.91 bits per heavy atom. The van der Waals surface area contributed by atoms with Crippen LogP contribution in [0, 0.1) is 5.41 Å². The quantitative estimate of drug-likeness (QED) is 0.469. The van der Waals surface area contributed by atoms with Crippen molar-refractivity contribution < 1.29 is 0 Å². The first-order valence-electron chi connectivity index (χ1n) is 3.94. The zero-order valence-electron chi connectivity index (χ0n) is 7.72. The Balaban J connectivity index is 3.57. The molecule has 0 aliphatic carbocycles. The summed E-state index contributed by atoms with van der Waals surface area (Å²) in [7, 11) is 0. The van der Waals surface area contributed by atoms with Crippen LogP contribution in [-0.4, -0.2) is 18.9 Å². The van der Waals surface area contributed by atoms with Crippen molar-refractivity contribution in [1.82, 2.24) is 0 Å². The van der Waals surface area contributed by atoms with Crippen LogP contribution in [-0.2, 0) is 0 Å². The van der Waals surface area contributed by atoms with Crippen molar-refractivity contribution in [2.24, 2.45) is 21.9 Å². The number of nitrogens with zero attached hydrogens (tertiary/aromatic N) is 1. The molecule has 0 radical (unpaired) electrons. The second-order valence-electron chi connectivity index (χ2n) is 3.89. The highest BCUT2D eigenvalue weighted by Crippen LogP contribution is 2.17. The minimum Gasteiger partial charge on any atom is -0.386 e. The molecule has 4 N–H and O–H groups in total. The summed E-state index contributed by atoms with van der Waals surface area (Å²) < 4.78 is 0. The van der Waals surface area contributed by atoms with E-state index in [0.717, 1.165) is 13.0 Å². The molecule has 0 saturated carbocycles. The molecule has 0 aliphatic rings. The number of rotatable bonds is 3. The van der Waals surface area contributed by atoms with Gasteiger partial charge in [0.2, 0.25) is 0 Å². The van der Waals surface area contributed by atoms with Crippen molar-refractivity contribution in [2.75, 3.05) is 13.1 Å². The monoisotopic (exact) mass is 157 g/mol. The molecule has 0 saturated heterocycles. The van der Waals surface area contributed by atoms with Crippen LogP contribution in [0.25, 0.3) is 0 Å². The van der Waals surface area contributed by atoms with Gasteiger partial charge in [-0.2, -0.15) is 0 Å². The second kappa shape index (κ2) is 4.34. The Bertz CT molecular complexity index is 133. The van der Waals surface area contributed by atoms with Crippen molar-refractivity contribution in [3.63, 3.8) is 0 Å². The van der Waals surface area contributed by atoms with E-state index in [2.05, 4.69) is 25.8 Å². The molecule has 0 rings (SSSR count). The van der Waals surface area contributed by atoms with Gasteiger partial charge in [-0.05, 0) is 11.8 Å². The Morgan fingerprint density at radius 1 is 1.36 bits per heavy atom. The van der Waals surface area contributed by atoms with E-state index in [9.17, 15) is 0 Å². The van der Waals surface area contributed by atoms with Crippen LogP contribution in [0.5, 0.6) is 0 Å². The van der Waals surface area contributed by atoms with Crippen molar-refractivity contribution in [1.29, 1.82) is 0 Å². The largest absolute Gasteiger partial charge is 0.386 e. The van der Waals surface area contributed by atoms with E-state index in [4.69, 9.17) is 11.5 Å². The third kappa shape index (κ3) is 7.33.